The lowest BCUT2D eigenvalue weighted by Crippen LogP contribution is -2.46. The Hall–Kier alpha value is -3.26. The molecule has 0 spiro atoms. The van der Waals surface area contributed by atoms with Crippen molar-refractivity contribution < 1.29 is 24.2 Å². The Morgan fingerprint density at radius 1 is 1.12 bits per heavy atom. The molecular weight excluding hydrogens is 446 g/mol. The third-order valence-corrected chi connectivity index (χ3v) is 5.02. The average Bonchev–Trinajstić information content (AvgIpc) is 2.72. The van der Waals surface area contributed by atoms with E-state index in [1.54, 1.807) is 71.0 Å². The van der Waals surface area contributed by atoms with Gasteiger partial charge in [-0.3, -0.25) is 9.59 Å². The molecule has 33 heavy (non-hydrogen) atoms. The summed E-state index contributed by atoms with van der Waals surface area (Å²) in [5.41, 5.74) is 0.683. The zero-order valence-corrected chi connectivity index (χ0v) is 20.2. The molecule has 0 aliphatic rings. The molecule has 2 rings (SSSR count). The SMILES string of the molecule is CCN(C(=O)CNC(=O)OC(C)(C)C)C(C(=O)Nc1c(C)cccc1Cl)c1ccccc1O. The highest BCUT2D eigenvalue weighted by Gasteiger charge is 2.33. The lowest BCUT2D eigenvalue weighted by Gasteiger charge is -2.31. The fraction of sp³-hybridized carbons (Fsp3) is 0.375. The van der Waals surface area contributed by atoms with Gasteiger partial charge in [-0.1, -0.05) is 41.9 Å². The first-order chi connectivity index (χ1) is 15.4. The van der Waals surface area contributed by atoms with Gasteiger partial charge in [-0.25, -0.2) is 4.79 Å². The monoisotopic (exact) mass is 475 g/mol. The molecule has 1 atom stereocenters. The topological polar surface area (TPSA) is 108 Å². The van der Waals surface area contributed by atoms with E-state index in [1.807, 2.05) is 0 Å². The standard InChI is InChI=1S/C24H30ClN3O5/c1-6-28(19(30)14-26-23(32)33-24(3,4)5)21(16-11-7-8-13-18(16)29)22(31)27-20-15(2)10-9-12-17(20)25/h7-13,21,29H,6,14H2,1-5H3,(H,26,32)(H,27,31). The van der Waals surface area contributed by atoms with Crippen LogP contribution in [0.3, 0.4) is 0 Å². The minimum absolute atomic E-state index is 0.139. The summed E-state index contributed by atoms with van der Waals surface area (Å²) in [5.74, 6) is -1.22. The number of aryl methyl sites for hydroxylation is 1. The number of amides is 3. The number of aromatic hydroxyl groups is 1. The number of nitrogens with one attached hydrogen (secondary N) is 2. The number of ether oxygens (including phenoxy) is 1. The van der Waals surface area contributed by atoms with Gasteiger partial charge in [0.1, 0.15) is 23.9 Å². The molecule has 0 fully saturated rings. The molecule has 0 radical (unpaired) electrons. The highest BCUT2D eigenvalue weighted by atomic mass is 35.5. The molecule has 0 saturated carbocycles. The molecule has 2 aromatic rings. The fourth-order valence-corrected chi connectivity index (χ4v) is 3.49. The van der Waals surface area contributed by atoms with Crippen LogP contribution in [0.15, 0.2) is 42.5 Å². The third kappa shape index (κ3) is 7.12. The first kappa shape index (κ1) is 26.0. The van der Waals surface area contributed by atoms with E-state index in [0.29, 0.717) is 10.7 Å². The second-order valence-electron chi connectivity index (χ2n) is 8.42. The number of anilines is 1. The van der Waals surface area contributed by atoms with Crippen molar-refractivity contribution >= 4 is 35.2 Å². The van der Waals surface area contributed by atoms with Crippen LogP contribution in [0.5, 0.6) is 5.75 Å². The number of benzene rings is 2. The minimum atomic E-state index is -1.17. The second kappa shape index (κ2) is 11.0. The number of nitrogens with zero attached hydrogens (tertiary/aromatic N) is 1. The molecule has 1 unspecified atom stereocenters. The molecule has 0 heterocycles. The maximum atomic E-state index is 13.4. The molecule has 8 nitrogen and oxygen atoms in total. The molecular formula is C24H30ClN3O5. The van der Waals surface area contributed by atoms with Crippen LogP contribution < -0.4 is 10.6 Å². The third-order valence-electron chi connectivity index (χ3n) is 4.71. The van der Waals surface area contributed by atoms with Gasteiger partial charge in [-0.2, -0.15) is 0 Å². The van der Waals surface area contributed by atoms with Gasteiger partial charge >= 0.3 is 6.09 Å². The van der Waals surface area contributed by atoms with Gasteiger partial charge < -0.3 is 25.4 Å². The van der Waals surface area contributed by atoms with Crippen molar-refractivity contribution in [3.8, 4) is 5.75 Å². The number of alkyl carbamates (subject to hydrolysis) is 1. The van der Waals surface area contributed by atoms with Crippen LogP contribution >= 0.6 is 11.6 Å². The molecule has 9 heteroatoms. The average molecular weight is 476 g/mol. The van der Waals surface area contributed by atoms with E-state index in [-0.39, 0.29) is 24.4 Å². The van der Waals surface area contributed by atoms with Gasteiger partial charge in [0.05, 0.1) is 10.7 Å². The Labute approximate surface area is 198 Å². The van der Waals surface area contributed by atoms with Crippen molar-refractivity contribution in [3.63, 3.8) is 0 Å². The zero-order chi connectivity index (χ0) is 24.8. The molecule has 2 aromatic carbocycles. The van der Waals surface area contributed by atoms with Crippen LogP contribution in [0, 0.1) is 6.92 Å². The lowest BCUT2D eigenvalue weighted by atomic mass is 10.0. The molecule has 178 valence electrons. The van der Waals surface area contributed by atoms with Crippen molar-refractivity contribution in [2.45, 2.75) is 46.3 Å². The Bertz CT molecular complexity index is 999. The number of phenols is 1. The second-order valence-corrected chi connectivity index (χ2v) is 8.82. The quantitative estimate of drug-likeness (QED) is 0.549. The van der Waals surface area contributed by atoms with E-state index >= 15 is 0 Å². The summed E-state index contributed by atoms with van der Waals surface area (Å²) in [6, 6.07) is 10.3. The van der Waals surface area contributed by atoms with Gasteiger partial charge in [0.15, 0.2) is 0 Å². The number of carbonyl (C=O) groups is 3. The number of phenolic OH excluding ortho intramolecular Hbond substituents is 1. The van der Waals surface area contributed by atoms with Gasteiger partial charge in [-0.05, 0) is 52.3 Å². The molecule has 0 aliphatic heterocycles. The maximum Gasteiger partial charge on any atom is 0.408 e. The number of halogens is 1. The van der Waals surface area contributed by atoms with Crippen molar-refractivity contribution in [3.05, 3.63) is 58.6 Å². The fourth-order valence-electron chi connectivity index (χ4n) is 3.22. The van der Waals surface area contributed by atoms with Crippen molar-refractivity contribution in [1.29, 1.82) is 0 Å². The molecule has 3 amide bonds. The van der Waals surface area contributed by atoms with Crippen LogP contribution in [0.1, 0.15) is 44.9 Å². The van der Waals surface area contributed by atoms with Crippen molar-refractivity contribution in [1.82, 2.24) is 10.2 Å². The Morgan fingerprint density at radius 2 is 1.79 bits per heavy atom. The van der Waals surface area contributed by atoms with Crippen molar-refractivity contribution in [2.75, 3.05) is 18.4 Å². The summed E-state index contributed by atoms with van der Waals surface area (Å²) in [5, 5.41) is 16.0. The normalized spacial score (nSPS) is 11.9. The molecule has 0 saturated heterocycles. The van der Waals surface area contributed by atoms with Crippen molar-refractivity contribution in [2.24, 2.45) is 0 Å². The van der Waals surface area contributed by atoms with E-state index in [9.17, 15) is 19.5 Å². The maximum absolute atomic E-state index is 13.4. The Balaban J connectivity index is 2.34. The minimum Gasteiger partial charge on any atom is -0.508 e. The predicted octanol–water partition coefficient (Wildman–Crippen LogP) is 4.41. The number of para-hydroxylation sites is 2. The van der Waals surface area contributed by atoms with Crippen LogP contribution in [0.2, 0.25) is 5.02 Å². The van der Waals surface area contributed by atoms with Crippen LogP contribution in [0.4, 0.5) is 10.5 Å². The first-order valence-corrected chi connectivity index (χ1v) is 10.9. The summed E-state index contributed by atoms with van der Waals surface area (Å²) in [4.78, 5) is 39.7. The summed E-state index contributed by atoms with van der Waals surface area (Å²) in [7, 11) is 0. The zero-order valence-electron chi connectivity index (χ0n) is 19.4. The molecule has 0 aromatic heterocycles. The van der Waals surface area contributed by atoms with E-state index < -0.39 is 29.6 Å². The van der Waals surface area contributed by atoms with Crippen LogP contribution in [-0.2, 0) is 14.3 Å². The van der Waals surface area contributed by atoms with Crippen LogP contribution in [0.25, 0.3) is 0 Å². The van der Waals surface area contributed by atoms with E-state index in [2.05, 4.69) is 10.6 Å². The van der Waals surface area contributed by atoms with Gasteiger partial charge in [-0.15, -0.1) is 0 Å². The highest BCUT2D eigenvalue weighted by Crippen LogP contribution is 2.32. The van der Waals surface area contributed by atoms with E-state index in [0.717, 1.165) is 5.56 Å². The Kier molecular flexibility index (Phi) is 8.70. The highest BCUT2D eigenvalue weighted by molar-refractivity contribution is 6.34. The first-order valence-electron chi connectivity index (χ1n) is 10.5. The predicted molar refractivity (Wildman–Crippen MR) is 127 cm³/mol. The molecule has 0 aliphatic carbocycles. The Morgan fingerprint density at radius 3 is 2.36 bits per heavy atom. The summed E-state index contributed by atoms with van der Waals surface area (Å²) >= 11 is 6.26. The summed E-state index contributed by atoms with van der Waals surface area (Å²) in [6.45, 7) is 8.39. The summed E-state index contributed by atoms with van der Waals surface area (Å²) < 4.78 is 5.16. The van der Waals surface area contributed by atoms with Gasteiger partial charge in [0, 0.05) is 12.1 Å². The van der Waals surface area contributed by atoms with E-state index in [1.165, 1.54) is 11.0 Å². The number of hydrogen-bond acceptors (Lipinski definition) is 5. The number of likely N-dealkylation sites (N-methyl/N-ethyl adjacent to an activating group) is 1. The van der Waals surface area contributed by atoms with E-state index in [4.69, 9.17) is 16.3 Å². The smallest absolute Gasteiger partial charge is 0.408 e. The lowest BCUT2D eigenvalue weighted by molar-refractivity contribution is -0.138. The number of hydrogen-bond donors (Lipinski definition) is 3. The summed E-state index contributed by atoms with van der Waals surface area (Å²) in [6.07, 6.45) is -0.748. The van der Waals surface area contributed by atoms with Crippen LogP contribution in [-0.4, -0.2) is 46.6 Å². The molecule has 3 N–H and O–H groups in total. The van der Waals surface area contributed by atoms with Gasteiger partial charge in [0.2, 0.25) is 5.91 Å². The number of carbonyl (C=O) groups excluding carboxylic acids is 3. The number of rotatable bonds is 7. The largest absolute Gasteiger partial charge is 0.508 e. The molecule has 0 bridgehead atoms. The van der Waals surface area contributed by atoms with Gasteiger partial charge in [0.25, 0.3) is 5.91 Å².